The first-order valence-corrected chi connectivity index (χ1v) is 6.17. The molecule has 94 valence electrons. The molecule has 3 rings (SSSR count). The lowest BCUT2D eigenvalue weighted by molar-refractivity contribution is 0.408. The maximum atomic E-state index is 5.80. The number of furan rings is 1. The molecule has 0 aliphatic rings. The average molecular weight is 250 g/mol. The lowest BCUT2D eigenvalue weighted by Gasteiger charge is -1.97. The molecule has 0 aliphatic carbocycles. The van der Waals surface area contributed by atoms with E-state index in [9.17, 15) is 0 Å². The number of ether oxygens (including phenoxy) is 1. The van der Waals surface area contributed by atoms with Crippen LogP contribution in [0.15, 0.2) is 59.0 Å². The predicted octanol–water partition coefficient (Wildman–Crippen LogP) is 4.61. The van der Waals surface area contributed by atoms with E-state index in [2.05, 4.69) is 0 Å². The van der Waals surface area contributed by atoms with Gasteiger partial charge in [0.25, 0.3) is 0 Å². The van der Waals surface area contributed by atoms with Gasteiger partial charge < -0.3 is 9.15 Å². The Bertz CT molecular complexity index is 708. The molecule has 19 heavy (non-hydrogen) atoms. The largest absolute Gasteiger partial charge is 0.492 e. The topological polar surface area (TPSA) is 22.4 Å². The molecule has 0 bridgehead atoms. The van der Waals surface area contributed by atoms with Crippen LogP contribution in [0.25, 0.3) is 23.1 Å². The maximum Gasteiger partial charge on any atom is 0.172 e. The number of fused-ring (bicyclic) bond motifs is 1. The minimum atomic E-state index is 0.743. The molecule has 3 aromatic rings. The monoisotopic (exact) mass is 250 g/mol. The Labute approximate surface area is 111 Å². The van der Waals surface area contributed by atoms with Gasteiger partial charge >= 0.3 is 0 Å². The van der Waals surface area contributed by atoms with Crippen LogP contribution in [0.5, 0.6) is 5.75 Å². The summed E-state index contributed by atoms with van der Waals surface area (Å²) in [7, 11) is 1.66. The van der Waals surface area contributed by atoms with Crippen LogP contribution >= 0.6 is 0 Å². The van der Waals surface area contributed by atoms with Gasteiger partial charge in [-0.05, 0) is 23.8 Å². The molecular formula is C17H14O2. The molecule has 1 aromatic heterocycles. The summed E-state index contributed by atoms with van der Waals surface area (Å²) in [4.78, 5) is 0. The molecule has 0 saturated heterocycles. The number of rotatable bonds is 3. The summed E-state index contributed by atoms with van der Waals surface area (Å²) in [5.74, 6) is 1.52. The Morgan fingerprint density at radius 3 is 2.42 bits per heavy atom. The Kier molecular flexibility index (Phi) is 3.07. The zero-order valence-corrected chi connectivity index (χ0v) is 10.7. The molecule has 0 N–H and O–H groups in total. The van der Waals surface area contributed by atoms with Crippen LogP contribution in [0, 0.1) is 0 Å². The highest BCUT2D eigenvalue weighted by molar-refractivity contribution is 5.89. The van der Waals surface area contributed by atoms with Gasteiger partial charge in [0.2, 0.25) is 0 Å². The highest BCUT2D eigenvalue weighted by Crippen LogP contribution is 2.33. The fourth-order valence-electron chi connectivity index (χ4n) is 2.10. The molecule has 0 aliphatic heterocycles. The third-order valence-electron chi connectivity index (χ3n) is 3.01. The molecule has 0 unspecified atom stereocenters. The summed E-state index contributed by atoms with van der Waals surface area (Å²) in [6, 6.07) is 18.0. The molecule has 0 amide bonds. The standard InChI is InChI=1S/C17H14O2/c1-18-17-14-9-5-6-10-15(14)19-16(17)12-11-13-7-3-2-4-8-13/h2-12H,1H3. The summed E-state index contributed by atoms with van der Waals surface area (Å²) < 4.78 is 11.2. The van der Waals surface area contributed by atoms with Crippen LogP contribution in [0.1, 0.15) is 11.3 Å². The lowest BCUT2D eigenvalue weighted by Crippen LogP contribution is -1.82. The molecule has 0 radical (unpaired) electrons. The van der Waals surface area contributed by atoms with Crippen molar-refractivity contribution >= 4 is 23.1 Å². The summed E-state index contributed by atoms with van der Waals surface area (Å²) in [6.07, 6.45) is 3.95. The molecule has 0 saturated carbocycles. The third-order valence-corrected chi connectivity index (χ3v) is 3.01. The van der Waals surface area contributed by atoms with Gasteiger partial charge in [-0.3, -0.25) is 0 Å². The van der Waals surface area contributed by atoms with Gasteiger partial charge in [0.15, 0.2) is 11.5 Å². The average Bonchev–Trinajstić information content (AvgIpc) is 2.83. The zero-order chi connectivity index (χ0) is 13.1. The van der Waals surface area contributed by atoms with Gasteiger partial charge in [0.1, 0.15) is 5.58 Å². The van der Waals surface area contributed by atoms with Gasteiger partial charge in [-0.2, -0.15) is 0 Å². The molecule has 0 fully saturated rings. The molecule has 2 nitrogen and oxygen atoms in total. The number of methoxy groups -OCH3 is 1. The molecular weight excluding hydrogens is 236 g/mol. The Morgan fingerprint density at radius 1 is 0.895 bits per heavy atom. The number of hydrogen-bond donors (Lipinski definition) is 0. The quantitative estimate of drug-likeness (QED) is 0.677. The van der Waals surface area contributed by atoms with Crippen LogP contribution in [0.2, 0.25) is 0 Å². The van der Waals surface area contributed by atoms with Crippen LogP contribution in [0.3, 0.4) is 0 Å². The zero-order valence-electron chi connectivity index (χ0n) is 10.7. The van der Waals surface area contributed by atoms with Crippen molar-refractivity contribution < 1.29 is 9.15 Å². The number of benzene rings is 2. The summed E-state index contributed by atoms with van der Waals surface area (Å²) in [5, 5.41) is 0.998. The van der Waals surface area contributed by atoms with Crippen molar-refractivity contribution in [1.82, 2.24) is 0 Å². The van der Waals surface area contributed by atoms with Gasteiger partial charge in [-0.15, -0.1) is 0 Å². The minimum Gasteiger partial charge on any atom is -0.492 e. The molecule has 1 heterocycles. The molecule has 2 heteroatoms. The van der Waals surface area contributed by atoms with E-state index in [0.717, 1.165) is 28.0 Å². The second-order valence-electron chi connectivity index (χ2n) is 4.24. The van der Waals surface area contributed by atoms with E-state index in [1.165, 1.54) is 0 Å². The van der Waals surface area contributed by atoms with Crippen molar-refractivity contribution in [1.29, 1.82) is 0 Å². The van der Waals surface area contributed by atoms with Crippen molar-refractivity contribution in [3.63, 3.8) is 0 Å². The second-order valence-corrected chi connectivity index (χ2v) is 4.24. The highest BCUT2D eigenvalue weighted by atomic mass is 16.5. The third kappa shape index (κ3) is 2.25. The normalized spacial score (nSPS) is 11.2. The fourth-order valence-corrected chi connectivity index (χ4v) is 2.10. The first-order chi connectivity index (χ1) is 9.38. The summed E-state index contributed by atoms with van der Waals surface area (Å²) in [5.41, 5.74) is 1.97. The van der Waals surface area contributed by atoms with E-state index in [1.807, 2.05) is 66.7 Å². The van der Waals surface area contributed by atoms with Gasteiger partial charge in [0, 0.05) is 0 Å². The first kappa shape index (κ1) is 11.6. The van der Waals surface area contributed by atoms with Gasteiger partial charge in [-0.25, -0.2) is 0 Å². The first-order valence-electron chi connectivity index (χ1n) is 6.17. The molecule has 2 aromatic carbocycles. The van der Waals surface area contributed by atoms with E-state index in [4.69, 9.17) is 9.15 Å². The van der Waals surface area contributed by atoms with Crippen LogP contribution in [-0.2, 0) is 0 Å². The molecule has 0 atom stereocenters. The maximum absolute atomic E-state index is 5.80. The van der Waals surface area contributed by atoms with Crippen LogP contribution in [-0.4, -0.2) is 7.11 Å². The van der Waals surface area contributed by atoms with Crippen molar-refractivity contribution in [2.24, 2.45) is 0 Å². The highest BCUT2D eigenvalue weighted by Gasteiger charge is 2.11. The second kappa shape index (κ2) is 5.02. The predicted molar refractivity (Wildman–Crippen MR) is 78.1 cm³/mol. The summed E-state index contributed by atoms with van der Waals surface area (Å²) in [6.45, 7) is 0. The van der Waals surface area contributed by atoms with Crippen molar-refractivity contribution in [2.45, 2.75) is 0 Å². The van der Waals surface area contributed by atoms with E-state index in [-0.39, 0.29) is 0 Å². The lowest BCUT2D eigenvalue weighted by atomic mass is 10.2. The fraction of sp³-hybridized carbons (Fsp3) is 0.0588. The Morgan fingerprint density at radius 2 is 1.63 bits per heavy atom. The minimum absolute atomic E-state index is 0.743. The van der Waals surface area contributed by atoms with Gasteiger partial charge in [-0.1, -0.05) is 48.5 Å². The number of hydrogen-bond acceptors (Lipinski definition) is 2. The van der Waals surface area contributed by atoms with Gasteiger partial charge in [0.05, 0.1) is 12.5 Å². The Hall–Kier alpha value is -2.48. The van der Waals surface area contributed by atoms with E-state index in [0.29, 0.717) is 0 Å². The van der Waals surface area contributed by atoms with Crippen LogP contribution < -0.4 is 4.74 Å². The van der Waals surface area contributed by atoms with E-state index in [1.54, 1.807) is 7.11 Å². The number of para-hydroxylation sites is 1. The van der Waals surface area contributed by atoms with Crippen LogP contribution in [0.4, 0.5) is 0 Å². The van der Waals surface area contributed by atoms with E-state index >= 15 is 0 Å². The van der Waals surface area contributed by atoms with Crippen molar-refractivity contribution in [3.8, 4) is 5.75 Å². The van der Waals surface area contributed by atoms with E-state index < -0.39 is 0 Å². The van der Waals surface area contributed by atoms with Crippen molar-refractivity contribution in [2.75, 3.05) is 7.11 Å². The smallest absolute Gasteiger partial charge is 0.172 e. The van der Waals surface area contributed by atoms with Crippen molar-refractivity contribution in [3.05, 3.63) is 65.9 Å². The summed E-state index contributed by atoms with van der Waals surface area (Å²) >= 11 is 0. The SMILES string of the molecule is COc1c(C=Cc2ccccc2)oc2ccccc12. The molecule has 0 spiro atoms. The Balaban J connectivity index is 2.03.